The third-order valence-corrected chi connectivity index (χ3v) is 4.57. The molecule has 2 aliphatic rings. The lowest BCUT2D eigenvalue weighted by Gasteiger charge is -2.25. The lowest BCUT2D eigenvalue weighted by Crippen LogP contribution is -2.24. The number of hydrogen-bond acceptors (Lipinski definition) is 2. The van der Waals surface area contributed by atoms with Gasteiger partial charge >= 0.3 is 0 Å². The fraction of sp³-hybridized carbons (Fsp3) is 0.556. The third-order valence-electron chi connectivity index (χ3n) is 4.57. The van der Waals surface area contributed by atoms with Crippen LogP contribution in [0.3, 0.4) is 0 Å². The normalized spacial score (nSPS) is 26.9. The molecule has 0 N–H and O–H groups in total. The monoisotopic (exact) mass is 269 g/mol. The molecule has 20 heavy (non-hydrogen) atoms. The van der Waals surface area contributed by atoms with E-state index < -0.39 is 0 Å². The standard InChI is InChI=1S/C18H23NO/c20-18-12-15(14-7-3-1-4-8-14)11-17(13-18)19-16-9-5-2-6-10-16/h1,3-4,7-8,15-16H,2,5-6,9-13H2/t15-/m1/s1. The zero-order valence-electron chi connectivity index (χ0n) is 12.1. The quantitative estimate of drug-likeness (QED) is 0.787. The molecule has 2 aliphatic carbocycles. The minimum atomic E-state index is 0.347. The molecular formula is C18H23NO. The molecular weight excluding hydrogens is 246 g/mol. The molecule has 0 amide bonds. The van der Waals surface area contributed by atoms with Crippen molar-refractivity contribution in [3.63, 3.8) is 0 Å². The van der Waals surface area contributed by atoms with Gasteiger partial charge in [-0.25, -0.2) is 0 Å². The minimum Gasteiger partial charge on any atom is -0.299 e. The first-order valence-electron chi connectivity index (χ1n) is 7.93. The van der Waals surface area contributed by atoms with Gasteiger partial charge in [-0.3, -0.25) is 9.79 Å². The fourth-order valence-corrected chi connectivity index (χ4v) is 3.53. The molecule has 2 nitrogen and oxygen atoms in total. The maximum atomic E-state index is 12.0. The van der Waals surface area contributed by atoms with Crippen molar-refractivity contribution in [2.24, 2.45) is 4.99 Å². The van der Waals surface area contributed by atoms with Crippen LogP contribution in [0.5, 0.6) is 0 Å². The fourth-order valence-electron chi connectivity index (χ4n) is 3.53. The first-order valence-corrected chi connectivity index (χ1v) is 7.93. The number of aliphatic imine (C=N–C) groups is 1. The van der Waals surface area contributed by atoms with E-state index in [0.29, 0.717) is 30.6 Å². The predicted octanol–water partition coefficient (Wildman–Crippen LogP) is 4.30. The van der Waals surface area contributed by atoms with Crippen LogP contribution in [0, 0.1) is 0 Å². The van der Waals surface area contributed by atoms with Crippen LogP contribution >= 0.6 is 0 Å². The Kier molecular flexibility index (Phi) is 4.29. The van der Waals surface area contributed by atoms with Gasteiger partial charge in [0.2, 0.25) is 0 Å². The third kappa shape index (κ3) is 3.36. The van der Waals surface area contributed by atoms with E-state index >= 15 is 0 Å². The summed E-state index contributed by atoms with van der Waals surface area (Å²) in [6.45, 7) is 0. The molecule has 1 atom stereocenters. The van der Waals surface area contributed by atoms with Gasteiger partial charge in [-0.2, -0.15) is 0 Å². The summed E-state index contributed by atoms with van der Waals surface area (Å²) in [6, 6.07) is 10.9. The molecule has 3 rings (SSSR count). The highest BCUT2D eigenvalue weighted by Crippen LogP contribution is 2.31. The lowest BCUT2D eigenvalue weighted by atomic mass is 9.82. The van der Waals surface area contributed by atoms with Gasteiger partial charge in [-0.15, -0.1) is 0 Å². The van der Waals surface area contributed by atoms with Crippen molar-refractivity contribution in [3.05, 3.63) is 35.9 Å². The Morgan fingerprint density at radius 2 is 1.70 bits per heavy atom. The topological polar surface area (TPSA) is 29.4 Å². The Hall–Kier alpha value is -1.44. The summed E-state index contributed by atoms with van der Waals surface area (Å²) in [5.74, 6) is 0.708. The molecule has 2 saturated carbocycles. The Labute approximate surface area is 121 Å². The van der Waals surface area contributed by atoms with Gasteiger partial charge in [0, 0.05) is 24.6 Å². The van der Waals surface area contributed by atoms with Gasteiger partial charge in [0.05, 0.1) is 0 Å². The average Bonchev–Trinajstić information content (AvgIpc) is 2.49. The molecule has 2 fully saturated rings. The highest BCUT2D eigenvalue weighted by molar-refractivity contribution is 6.05. The van der Waals surface area contributed by atoms with Crippen LogP contribution in [0.1, 0.15) is 62.8 Å². The van der Waals surface area contributed by atoms with E-state index in [9.17, 15) is 4.79 Å². The van der Waals surface area contributed by atoms with Gasteiger partial charge < -0.3 is 0 Å². The van der Waals surface area contributed by atoms with Crippen molar-refractivity contribution in [1.82, 2.24) is 0 Å². The smallest absolute Gasteiger partial charge is 0.139 e. The van der Waals surface area contributed by atoms with Crippen LogP contribution in [0.25, 0.3) is 0 Å². The Balaban J connectivity index is 1.72. The van der Waals surface area contributed by atoms with E-state index in [1.165, 1.54) is 37.7 Å². The van der Waals surface area contributed by atoms with Crippen LogP contribution in [-0.4, -0.2) is 17.5 Å². The van der Waals surface area contributed by atoms with Crippen molar-refractivity contribution in [2.75, 3.05) is 0 Å². The van der Waals surface area contributed by atoms with Crippen molar-refractivity contribution in [2.45, 2.75) is 63.3 Å². The lowest BCUT2D eigenvalue weighted by molar-refractivity contribution is -0.118. The number of hydrogen-bond donors (Lipinski definition) is 0. The maximum absolute atomic E-state index is 12.0. The molecule has 0 aromatic heterocycles. The van der Waals surface area contributed by atoms with E-state index in [1.807, 2.05) is 6.07 Å². The van der Waals surface area contributed by atoms with Gasteiger partial charge in [-0.05, 0) is 30.7 Å². The molecule has 0 spiro atoms. The number of benzene rings is 1. The first-order chi connectivity index (χ1) is 9.81. The van der Waals surface area contributed by atoms with Crippen LogP contribution in [-0.2, 0) is 4.79 Å². The molecule has 0 aliphatic heterocycles. The second-order valence-corrected chi connectivity index (χ2v) is 6.22. The van der Waals surface area contributed by atoms with E-state index in [2.05, 4.69) is 24.3 Å². The summed E-state index contributed by atoms with van der Waals surface area (Å²) in [7, 11) is 0. The number of rotatable bonds is 2. The molecule has 0 heterocycles. The Bertz CT molecular complexity index is 485. The highest BCUT2D eigenvalue weighted by atomic mass is 16.1. The average molecular weight is 269 g/mol. The SMILES string of the molecule is O=C1CC(=NC2CCCCC2)C[C@@H](c2ccccc2)C1. The molecule has 0 bridgehead atoms. The molecule has 0 radical (unpaired) electrons. The molecule has 106 valence electrons. The molecule has 1 aromatic rings. The first kappa shape index (κ1) is 13.5. The molecule has 0 saturated heterocycles. The summed E-state index contributed by atoms with van der Waals surface area (Å²) < 4.78 is 0. The maximum Gasteiger partial charge on any atom is 0.139 e. The van der Waals surface area contributed by atoms with Crippen molar-refractivity contribution in [1.29, 1.82) is 0 Å². The summed E-state index contributed by atoms with van der Waals surface area (Å²) in [4.78, 5) is 16.9. The van der Waals surface area contributed by atoms with Crippen LogP contribution in [0.4, 0.5) is 0 Å². The van der Waals surface area contributed by atoms with E-state index in [4.69, 9.17) is 4.99 Å². The van der Waals surface area contributed by atoms with Gasteiger partial charge in [0.1, 0.15) is 5.78 Å². The largest absolute Gasteiger partial charge is 0.299 e. The van der Waals surface area contributed by atoms with E-state index in [0.717, 1.165) is 12.1 Å². The number of carbonyl (C=O) groups excluding carboxylic acids is 1. The van der Waals surface area contributed by atoms with Gasteiger partial charge in [0.25, 0.3) is 0 Å². The number of carbonyl (C=O) groups is 1. The summed E-state index contributed by atoms with van der Waals surface area (Å²) in [6.07, 6.45) is 8.66. The summed E-state index contributed by atoms with van der Waals surface area (Å²) in [5.41, 5.74) is 2.44. The second kappa shape index (κ2) is 6.34. The van der Waals surface area contributed by atoms with Gasteiger partial charge in [0.15, 0.2) is 0 Å². The van der Waals surface area contributed by atoms with Crippen molar-refractivity contribution < 1.29 is 4.79 Å². The minimum absolute atomic E-state index is 0.347. The van der Waals surface area contributed by atoms with E-state index in [1.54, 1.807) is 0 Å². The molecule has 0 unspecified atom stereocenters. The van der Waals surface area contributed by atoms with Crippen molar-refractivity contribution in [3.8, 4) is 0 Å². The van der Waals surface area contributed by atoms with Crippen molar-refractivity contribution >= 4 is 11.5 Å². The van der Waals surface area contributed by atoms with Crippen LogP contribution in [0.15, 0.2) is 35.3 Å². The summed E-state index contributed by atoms with van der Waals surface area (Å²) >= 11 is 0. The Morgan fingerprint density at radius 1 is 0.950 bits per heavy atom. The van der Waals surface area contributed by atoms with E-state index in [-0.39, 0.29) is 0 Å². The summed E-state index contributed by atoms with van der Waals surface area (Å²) in [5, 5.41) is 0. The second-order valence-electron chi connectivity index (χ2n) is 6.22. The highest BCUT2D eigenvalue weighted by Gasteiger charge is 2.26. The van der Waals surface area contributed by atoms with Crippen LogP contribution < -0.4 is 0 Å². The number of ketones is 1. The molecule has 1 aromatic carbocycles. The predicted molar refractivity (Wildman–Crippen MR) is 82.3 cm³/mol. The number of Topliss-reactive ketones (excluding diaryl/α,β-unsaturated/α-hetero) is 1. The molecule has 2 heteroatoms. The van der Waals surface area contributed by atoms with Crippen LogP contribution in [0.2, 0.25) is 0 Å². The Morgan fingerprint density at radius 3 is 2.45 bits per heavy atom. The number of nitrogens with zero attached hydrogens (tertiary/aromatic N) is 1. The zero-order valence-corrected chi connectivity index (χ0v) is 12.1. The zero-order chi connectivity index (χ0) is 13.8. The van der Waals surface area contributed by atoms with Gasteiger partial charge in [-0.1, -0.05) is 49.6 Å².